The van der Waals surface area contributed by atoms with E-state index in [1.807, 2.05) is 11.3 Å². The van der Waals surface area contributed by atoms with Gasteiger partial charge < -0.3 is 5.32 Å². The maximum Gasteiger partial charge on any atom is 0.0475 e. The lowest BCUT2D eigenvalue weighted by atomic mass is 9.73. The monoisotopic (exact) mass is 207 g/mol. The van der Waals surface area contributed by atoms with E-state index in [-0.39, 0.29) is 0 Å². The van der Waals surface area contributed by atoms with Crippen molar-refractivity contribution in [2.24, 2.45) is 5.92 Å². The molecule has 76 valence electrons. The van der Waals surface area contributed by atoms with Gasteiger partial charge in [0.2, 0.25) is 0 Å². The maximum atomic E-state index is 3.63. The van der Waals surface area contributed by atoms with Gasteiger partial charge in [0.1, 0.15) is 0 Å². The highest BCUT2D eigenvalue weighted by Crippen LogP contribution is 2.51. The molecule has 14 heavy (non-hydrogen) atoms. The van der Waals surface area contributed by atoms with Crippen molar-refractivity contribution < 1.29 is 0 Å². The minimum Gasteiger partial charge on any atom is -0.310 e. The quantitative estimate of drug-likeness (QED) is 0.746. The van der Waals surface area contributed by atoms with Crippen LogP contribution in [0, 0.1) is 5.92 Å². The summed E-state index contributed by atoms with van der Waals surface area (Å²) < 4.78 is 0. The first-order valence-corrected chi connectivity index (χ1v) is 6.50. The Morgan fingerprint density at radius 2 is 2.43 bits per heavy atom. The molecule has 1 nitrogen and oxygen atoms in total. The average molecular weight is 207 g/mol. The van der Waals surface area contributed by atoms with Crippen LogP contribution in [0.15, 0.2) is 11.4 Å². The van der Waals surface area contributed by atoms with E-state index in [0.29, 0.717) is 5.54 Å². The molecule has 0 bridgehead atoms. The average Bonchev–Trinajstić information content (AvgIpc) is 2.76. The van der Waals surface area contributed by atoms with E-state index >= 15 is 0 Å². The molecule has 2 aliphatic carbocycles. The van der Waals surface area contributed by atoms with Gasteiger partial charge in [0.25, 0.3) is 0 Å². The molecule has 2 atom stereocenters. The SMILES string of the molecule is CN[C@]12CCCC[C@H]1Cc1sccc12. The summed E-state index contributed by atoms with van der Waals surface area (Å²) in [5.74, 6) is 0.878. The Balaban J connectivity index is 2.08. The summed E-state index contributed by atoms with van der Waals surface area (Å²) in [7, 11) is 2.14. The predicted octanol–water partition coefficient (Wildman–Crippen LogP) is 2.91. The van der Waals surface area contributed by atoms with E-state index in [2.05, 4.69) is 23.8 Å². The molecule has 2 aliphatic rings. The number of thiophene rings is 1. The molecule has 1 N–H and O–H groups in total. The Labute approximate surface area is 89.5 Å². The molecule has 0 aromatic carbocycles. The molecule has 1 heterocycles. The first-order chi connectivity index (χ1) is 6.87. The lowest BCUT2D eigenvalue weighted by Gasteiger charge is -2.40. The van der Waals surface area contributed by atoms with E-state index in [9.17, 15) is 0 Å². The molecule has 1 aromatic heterocycles. The van der Waals surface area contributed by atoms with Crippen LogP contribution in [-0.2, 0) is 12.0 Å². The molecule has 1 fully saturated rings. The summed E-state index contributed by atoms with van der Waals surface area (Å²) >= 11 is 1.95. The van der Waals surface area contributed by atoms with E-state index in [0.717, 1.165) is 5.92 Å². The zero-order valence-electron chi connectivity index (χ0n) is 8.68. The van der Waals surface area contributed by atoms with Gasteiger partial charge in [0.05, 0.1) is 0 Å². The van der Waals surface area contributed by atoms with Gasteiger partial charge in [-0.15, -0.1) is 11.3 Å². The zero-order chi connectivity index (χ0) is 9.60. The summed E-state index contributed by atoms with van der Waals surface area (Å²) in [6.07, 6.45) is 6.92. The van der Waals surface area contributed by atoms with Crippen LogP contribution in [-0.4, -0.2) is 7.05 Å². The van der Waals surface area contributed by atoms with Crippen LogP contribution in [0.4, 0.5) is 0 Å². The Morgan fingerprint density at radius 1 is 1.50 bits per heavy atom. The fourth-order valence-corrected chi connectivity index (χ4v) is 4.50. The molecule has 0 saturated heterocycles. The first-order valence-electron chi connectivity index (χ1n) is 5.62. The zero-order valence-corrected chi connectivity index (χ0v) is 9.49. The predicted molar refractivity (Wildman–Crippen MR) is 60.7 cm³/mol. The standard InChI is InChI=1S/C12H17NS/c1-13-12-6-3-2-4-9(12)8-11-10(12)5-7-14-11/h5,7,9,13H,2-4,6,8H2,1H3/t9-,12+/m0/s1. The molecular formula is C12H17NS. The van der Waals surface area contributed by atoms with Crippen molar-refractivity contribution >= 4 is 11.3 Å². The van der Waals surface area contributed by atoms with Crippen molar-refractivity contribution in [2.75, 3.05) is 7.05 Å². The Hall–Kier alpha value is -0.340. The highest BCUT2D eigenvalue weighted by molar-refractivity contribution is 7.10. The summed E-state index contributed by atoms with van der Waals surface area (Å²) in [5, 5.41) is 5.89. The topological polar surface area (TPSA) is 12.0 Å². The van der Waals surface area contributed by atoms with Gasteiger partial charge in [-0.2, -0.15) is 0 Å². The third kappa shape index (κ3) is 0.986. The molecule has 0 unspecified atom stereocenters. The van der Waals surface area contributed by atoms with Crippen molar-refractivity contribution in [3.05, 3.63) is 21.9 Å². The third-order valence-electron chi connectivity index (χ3n) is 4.17. The summed E-state index contributed by atoms with van der Waals surface area (Å²) in [6, 6.07) is 2.35. The number of nitrogens with one attached hydrogen (secondary N) is 1. The molecule has 3 rings (SSSR count). The third-order valence-corrected chi connectivity index (χ3v) is 5.12. The lowest BCUT2D eigenvalue weighted by Crippen LogP contribution is -2.45. The number of fused-ring (bicyclic) bond motifs is 3. The van der Waals surface area contributed by atoms with Gasteiger partial charge >= 0.3 is 0 Å². The number of rotatable bonds is 1. The van der Waals surface area contributed by atoms with Gasteiger partial charge in [-0.1, -0.05) is 12.8 Å². The van der Waals surface area contributed by atoms with E-state index in [1.54, 1.807) is 10.4 Å². The van der Waals surface area contributed by atoms with Crippen LogP contribution >= 0.6 is 11.3 Å². The molecule has 0 radical (unpaired) electrons. The van der Waals surface area contributed by atoms with Crippen LogP contribution in [0.2, 0.25) is 0 Å². The Morgan fingerprint density at radius 3 is 3.29 bits per heavy atom. The minimum atomic E-state index is 0.355. The van der Waals surface area contributed by atoms with Crippen LogP contribution in [0.5, 0.6) is 0 Å². The van der Waals surface area contributed by atoms with E-state index in [1.165, 1.54) is 32.1 Å². The summed E-state index contributed by atoms with van der Waals surface area (Å²) in [5.41, 5.74) is 1.97. The molecular weight excluding hydrogens is 190 g/mol. The van der Waals surface area contributed by atoms with Gasteiger partial charge in [0, 0.05) is 10.4 Å². The van der Waals surface area contributed by atoms with Gasteiger partial charge in [-0.05, 0) is 49.2 Å². The lowest BCUT2D eigenvalue weighted by molar-refractivity contribution is 0.171. The fourth-order valence-electron chi connectivity index (χ4n) is 3.46. The van der Waals surface area contributed by atoms with Crippen molar-refractivity contribution in [1.82, 2.24) is 5.32 Å². The highest BCUT2D eigenvalue weighted by atomic mass is 32.1. The highest BCUT2D eigenvalue weighted by Gasteiger charge is 2.47. The number of hydrogen-bond donors (Lipinski definition) is 1. The molecule has 1 saturated carbocycles. The summed E-state index contributed by atoms with van der Waals surface area (Å²) in [6.45, 7) is 0. The van der Waals surface area contributed by atoms with Crippen molar-refractivity contribution in [3.63, 3.8) is 0 Å². The van der Waals surface area contributed by atoms with Gasteiger partial charge in [-0.3, -0.25) is 0 Å². The second kappa shape index (κ2) is 3.07. The Kier molecular flexibility index (Phi) is 1.96. The molecule has 0 amide bonds. The van der Waals surface area contributed by atoms with Crippen LogP contribution in [0.25, 0.3) is 0 Å². The van der Waals surface area contributed by atoms with Crippen LogP contribution < -0.4 is 5.32 Å². The second-order valence-corrected chi connectivity index (χ2v) is 5.63. The van der Waals surface area contributed by atoms with Crippen molar-refractivity contribution in [1.29, 1.82) is 0 Å². The number of hydrogen-bond acceptors (Lipinski definition) is 2. The minimum absolute atomic E-state index is 0.355. The summed E-state index contributed by atoms with van der Waals surface area (Å²) in [4.78, 5) is 1.64. The fraction of sp³-hybridized carbons (Fsp3) is 0.667. The second-order valence-electron chi connectivity index (χ2n) is 4.63. The maximum absolute atomic E-state index is 3.63. The molecule has 0 aliphatic heterocycles. The molecule has 0 spiro atoms. The first kappa shape index (κ1) is 8.93. The van der Waals surface area contributed by atoms with Crippen LogP contribution in [0.1, 0.15) is 36.1 Å². The normalized spacial score (nSPS) is 35.4. The van der Waals surface area contributed by atoms with Crippen LogP contribution in [0.3, 0.4) is 0 Å². The Bertz CT molecular complexity index is 344. The smallest absolute Gasteiger partial charge is 0.0475 e. The van der Waals surface area contributed by atoms with Gasteiger partial charge in [-0.25, -0.2) is 0 Å². The largest absolute Gasteiger partial charge is 0.310 e. The van der Waals surface area contributed by atoms with E-state index in [4.69, 9.17) is 0 Å². The van der Waals surface area contributed by atoms with Gasteiger partial charge in [0.15, 0.2) is 0 Å². The van der Waals surface area contributed by atoms with Crippen molar-refractivity contribution in [3.8, 4) is 0 Å². The molecule has 1 aromatic rings. The van der Waals surface area contributed by atoms with Crippen molar-refractivity contribution in [2.45, 2.75) is 37.6 Å². The van der Waals surface area contributed by atoms with E-state index < -0.39 is 0 Å². The molecule has 2 heteroatoms.